The summed E-state index contributed by atoms with van der Waals surface area (Å²) in [5.41, 5.74) is 1.00. The van der Waals surface area contributed by atoms with Gasteiger partial charge in [0.1, 0.15) is 6.04 Å². The first-order valence-corrected chi connectivity index (χ1v) is 8.96. The smallest absolute Gasteiger partial charge is 0.243 e. The minimum Gasteiger partial charge on any atom is -0.351 e. The van der Waals surface area contributed by atoms with Crippen molar-refractivity contribution in [2.75, 3.05) is 26.7 Å². The van der Waals surface area contributed by atoms with Crippen LogP contribution in [0.4, 0.5) is 0 Å². The van der Waals surface area contributed by atoms with Crippen LogP contribution in [0.3, 0.4) is 0 Å². The van der Waals surface area contributed by atoms with Crippen LogP contribution in [0.2, 0.25) is 0 Å². The average molecular weight is 329 g/mol. The highest BCUT2D eigenvalue weighted by Crippen LogP contribution is 2.20. The lowest BCUT2D eigenvalue weighted by Gasteiger charge is -2.31. The molecule has 1 atom stereocenters. The Kier molecular flexibility index (Phi) is 5.51. The number of hydrogen-bond donors (Lipinski definition) is 1. The quantitative estimate of drug-likeness (QED) is 0.909. The predicted octanol–water partition coefficient (Wildman–Crippen LogP) is 1.43. The van der Waals surface area contributed by atoms with Gasteiger partial charge >= 0.3 is 0 Å². The SMILES string of the molecule is CN1CCC(NC(=O)[C@H]2CCCN2C(=O)Cc2ccccc2)CC1. The molecule has 24 heavy (non-hydrogen) atoms. The molecule has 0 spiro atoms. The zero-order chi connectivity index (χ0) is 16.9. The van der Waals surface area contributed by atoms with Gasteiger partial charge < -0.3 is 15.1 Å². The molecule has 1 N–H and O–H groups in total. The first-order valence-electron chi connectivity index (χ1n) is 8.96. The molecule has 2 fully saturated rings. The fraction of sp³-hybridized carbons (Fsp3) is 0.579. The third-order valence-corrected chi connectivity index (χ3v) is 5.14. The Morgan fingerprint density at radius 2 is 1.79 bits per heavy atom. The van der Waals surface area contributed by atoms with E-state index in [9.17, 15) is 9.59 Å². The molecule has 0 aliphatic carbocycles. The summed E-state index contributed by atoms with van der Waals surface area (Å²) < 4.78 is 0. The maximum atomic E-state index is 12.6. The van der Waals surface area contributed by atoms with Gasteiger partial charge in [-0.15, -0.1) is 0 Å². The average Bonchev–Trinajstić information content (AvgIpc) is 3.08. The number of nitrogens with one attached hydrogen (secondary N) is 1. The summed E-state index contributed by atoms with van der Waals surface area (Å²) in [5, 5.41) is 3.17. The largest absolute Gasteiger partial charge is 0.351 e. The van der Waals surface area contributed by atoms with Gasteiger partial charge in [0.25, 0.3) is 0 Å². The Morgan fingerprint density at radius 1 is 1.08 bits per heavy atom. The molecule has 0 aromatic heterocycles. The molecule has 1 aromatic carbocycles. The van der Waals surface area contributed by atoms with Crippen LogP contribution in [-0.4, -0.2) is 60.4 Å². The number of likely N-dealkylation sites (tertiary alicyclic amines) is 2. The number of rotatable bonds is 4. The predicted molar refractivity (Wildman–Crippen MR) is 93.5 cm³/mol. The lowest BCUT2D eigenvalue weighted by molar-refractivity contribution is -0.138. The minimum absolute atomic E-state index is 0.0310. The highest BCUT2D eigenvalue weighted by molar-refractivity contribution is 5.89. The standard InChI is InChI=1S/C19H27N3O2/c1-21-12-9-16(10-13-21)20-19(24)17-8-5-11-22(17)18(23)14-15-6-3-2-4-7-15/h2-4,6-7,16-17H,5,8-14H2,1H3,(H,20,24)/t17-/m1/s1. The van der Waals surface area contributed by atoms with E-state index in [4.69, 9.17) is 0 Å². The van der Waals surface area contributed by atoms with Crippen LogP contribution in [0.1, 0.15) is 31.2 Å². The third kappa shape index (κ3) is 4.15. The summed E-state index contributed by atoms with van der Waals surface area (Å²) in [6.45, 7) is 2.73. The molecule has 0 saturated carbocycles. The van der Waals surface area contributed by atoms with Crippen molar-refractivity contribution in [1.82, 2.24) is 15.1 Å². The molecule has 5 heteroatoms. The number of nitrogens with zero attached hydrogens (tertiary/aromatic N) is 2. The highest BCUT2D eigenvalue weighted by Gasteiger charge is 2.34. The van der Waals surface area contributed by atoms with E-state index in [2.05, 4.69) is 17.3 Å². The summed E-state index contributed by atoms with van der Waals surface area (Å²) >= 11 is 0. The monoisotopic (exact) mass is 329 g/mol. The lowest BCUT2D eigenvalue weighted by atomic mass is 10.0. The maximum Gasteiger partial charge on any atom is 0.243 e. The molecule has 0 unspecified atom stereocenters. The van der Waals surface area contributed by atoms with Crippen LogP contribution in [0, 0.1) is 0 Å². The summed E-state index contributed by atoms with van der Waals surface area (Å²) in [6, 6.07) is 9.71. The number of amides is 2. The molecule has 2 heterocycles. The second-order valence-corrected chi connectivity index (χ2v) is 6.99. The topological polar surface area (TPSA) is 52.7 Å². The van der Waals surface area contributed by atoms with Crippen molar-refractivity contribution in [1.29, 1.82) is 0 Å². The summed E-state index contributed by atoms with van der Waals surface area (Å²) in [6.07, 6.45) is 4.05. The molecule has 1 aromatic rings. The van der Waals surface area contributed by atoms with Crippen molar-refractivity contribution in [3.05, 3.63) is 35.9 Å². The zero-order valence-corrected chi connectivity index (χ0v) is 14.4. The minimum atomic E-state index is -0.291. The molecule has 0 radical (unpaired) electrons. The van der Waals surface area contributed by atoms with Crippen LogP contribution in [0.25, 0.3) is 0 Å². The van der Waals surface area contributed by atoms with Gasteiger partial charge in [0.15, 0.2) is 0 Å². The van der Waals surface area contributed by atoms with E-state index in [1.807, 2.05) is 30.3 Å². The van der Waals surface area contributed by atoms with E-state index >= 15 is 0 Å². The zero-order valence-electron chi connectivity index (χ0n) is 14.4. The fourth-order valence-corrected chi connectivity index (χ4v) is 3.66. The van der Waals surface area contributed by atoms with Crippen LogP contribution >= 0.6 is 0 Å². The molecule has 3 rings (SSSR count). The van der Waals surface area contributed by atoms with Crippen LogP contribution in [0.15, 0.2) is 30.3 Å². The second-order valence-electron chi connectivity index (χ2n) is 6.99. The van der Waals surface area contributed by atoms with Crippen molar-refractivity contribution in [2.45, 2.75) is 44.2 Å². The summed E-state index contributed by atoms with van der Waals surface area (Å²) in [7, 11) is 2.11. The van der Waals surface area contributed by atoms with E-state index < -0.39 is 0 Å². The maximum absolute atomic E-state index is 12.6. The van der Waals surface area contributed by atoms with E-state index in [1.165, 1.54) is 0 Å². The summed E-state index contributed by atoms with van der Waals surface area (Å²) in [5.74, 6) is 0.0886. The third-order valence-electron chi connectivity index (χ3n) is 5.14. The highest BCUT2D eigenvalue weighted by atomic mass is 16.2. The van der Waals surface area contributed by atoms with E-state index in [-0.39, 0.29) is 23.9 Å². The Morgan fingerprint density at radius 3 is 2.50 bits per heavy atom. The van der Waals surface area contributed by atoms with Gasteiger partial charge in [-0.3, -0.25) is 9.59 Å². The molecule has 2 saturated heterocycles. The van der Waals surface area contributed by atoms with Crippen LogP contribution in [-0.2, 0) is 16.0 Å². The summed E-state index contributed by atoms with van der Waals surface area (Å²) in [4.78, 5) is 29.3. The number of benzene rings is 1. The Balaban J connectivity index is 1.56. The van der Waals surface area contributed by atoms with Crippen molar-refractivity contribution in [3.8, 4) is 0 Å². The van der Waals surface area contributed by atoms with Gasteiger partial charge in [-0.05, 0) is 51.4 Å². The van der Waals surface area contributed by atoms with Gasteiger partial charge in [-0.2, -0.15) is 0 Å². The Hall–Kier alpha value is -1.88. The van der Waals surface area contributed by atoms with E-state index in [0.29, 0.717) is 13.0 Å². The van der Waals surface area contributed by atoms with Crippen molar-refractivity contribution in [3.63, 3.8) is 0 Å². The normalized spacial score (nSPS) is 22.5. The van der Waals surface area contributed by atoms with Gasteiger partial charge in [0.2, 0.25) is 11.8 Å². The first-order chi connectivity index (χ1) is 11.6. The number of hydrogen-bond acceptors (Lipinski definition) is 3. The molecule has 2 aliphatic heterocycles. The Labute approximate surface area is 144 Å². The molecular weight excluding hydrogens is 302 g/mol. The molecular formula is C19H27N3O2. The van der Waals surface area contributed by atoms with Gasteiger partial charge in [0.05, 0.1) is 6.42 Å². The van der Waals surface area contributed by atoms with Crippen molar-refractivity contribution in [2.24, 2.45) is 0 Å². The Bertz CT molecular complexity index is 567. The van der Waals surface area contributed by atoms with Crippen LogP contribution in [0.5, 0.6) is 0 Å². The van der Waals surface area contributed by atoms with E-state index in [1.54, 1.807) is 4.90 Å². The number of carbonyl (C=O) groups is 2. The van der Waals surface area contributed by atoms with E-state index in [0.717, 1.165) is 44.3 Å². The van der Waals surface area contributed by atoms with Gasteiger partial charge in [0, 0.05) is 12.6 Å². The van der Waals surface area contributed by atoms with Crippen molar-refractivity contribution >= 4 is 11.8 Å². The van der Waals surface area contributed by atoms with Gasteiger partial charge in [-0.1, -0.05) is 30.3 Å². The van der Waals surface area contributed by atoms with Crippen LogP contribution < -0.4 is 5.32 Å². The molecule has 130 valence electrons. The fourth-order valence-electron chi connectivity index (χ4n) is 3.66. The van der Waals surface area contributed by atoms with Gasteiger partial charge in [-0.25, -0.2) is 0 Å². The molecule has 2 amide bonds. The molecule has 5 nitrogen and oxygen atoms in total. The number of piperidine rings is 1. The first kappa shape index (κ1) is 17.0. The lowest BCUT2D eigenvalue weighted by Crippen LogP contribution is -2.51. The van der Waals surface area contributed by atoms with Crippen molar-refractivity contribution < 1.29 is 9.59 Å². The second kappa shape index (κ2) is 7.79. The number of carbonyl (C=O) groups excluding carboxylic acids is 2. The molecule has 0 bridgehead atoms. The molecule has 2 aliphatic rings.